The molecule has 5 nitrogen and oxygen atoms in total. The van der Waals surface area contributed by atoms with Crippen molar-refractivity contribution < 1.29 is 53.9 Å². The quantitative estimate of drug-likeness (QED) is 0.522. The largest absolute Gasteiger partial charge is 1.00 e. The van der Waals surface area contributed by atoms with Gasteiger partial charge in [0.05, 0.1) is 5.97 Å². The van der Waals surface area contributed by atoms with Gasteiger partial charge in [-0.1, -0.05) is 0 Å². The van der Waals surface area contributed by atoms with Gasteiger partial charge in [0.2, 0.25) is 0 Å². The van der Waals surface area contributed by atoms with Crippen molar-refractivity contribution >= 4 is 11.9 Å². The maximum Gasteiger partial charge on any atom is 1.00 e. The molecule has 0 aliphatic rings. The van der Waals surface area contributed by atoms with Gasteiger partial charge in [0.1, 0.15) is 0 Å². The van der Waals surface area contributed by atoms with Crippen molar-refractivity contribution in [3.63, 3.8) is 0 Å². The van der Waals surface area contributed by atoms with E-state index in [1.165, 1.54) is 0 Å². The predicted molar refractivity (Wildman–Crippen MR) is 22.6 cm³/mol. The third kappa shape index (κ3) is 9.94. The third-order valence-corrected chi connectivity index (χ3v) is 0.689. The van der Waals surface area contributed by atoms with Crippen LogP contribution >= 0.6 is 0 Å². The number of rotatable bonds is 3. The van der Waals surface area contributed by atoms with Crippen LogP contribution in [0.5, 0.6) is 0 Å². The summed E-state index contributed by atoms with van der Waals surface area (Å²) in [4.78, 5) is 19.3. The third-order valence-electron chi connectivity index (χ3n) is 0.689. The zero-order valence-corrected chi connectivity index (χ0v) is 6.98. The molecule has 0 fully saturated rings. The molecule has 7 heteroatoms. The molecular formula is C4H5Cu2NO4. The van der Waals surface area contributed by atoms with Crippen molar-refractivity contribution in [3.8, 4) is 0 Å². The number of aliphatic carboxylic acids is 2. The summed E-state index contributed by atoms with van der Waals surface area (Å²) < 4.78 is 0. The number of carbonyl (C=O) groups is 2. The van der Waals surface area contributed by atoms with Crippen LogP contribution in [-0.2, 0) is 43.7 Å². The average Bonchev–Trinajstić information content (AvgIpc) is 1.63. The molecule has 0 spiro atoms. The SMILES string of the molecule is NC(CC(=O)[O-])C(=O)[O-].[Cu+].[Cu+]. The van der Waals surface area contributed by atoms with E-state index in [0.29, 0.717) is 0 Å². The van der Waals surface area contributed by atoms with Gasteiger partial charge in [0.25, 0.3) is 0 Å². The van der Waals surface area contributed by atoms with E-state index < -0.39 is 24.4 Å². The van der Waals surface area contributed by atoms with Crippen molar-refractivity contribution in [3.05, 3.63) is 0 Å². The van der Waals surface area contributed by atoms with Crippen molar-refractivity contribution in [1.82, 2.24) is 0 Å². The van der Waals surface area contributed by atoms with E-state index in [4.69, 9.17) is 5.73 Å². The summed E-state index contributed by atoms with van der Waals surface area (Å²) >= 11 is 0. The van der Waals surface area contributed by atoms with Gasteiger partial charge in [-0.05, 0) is 0 Å². The zero-order valence-electron chi connectivity index (χ0n) is 5.10. The fraction of sp³-hybridized carbons (Fsp3) is 0.500. The van der Waals surface area contributed by atoms with Gasteiger partial charge in [0.15, 0.2) is 0 Å². The van der Waals surface area contributed by atoms with Crippen LogP contribution in [0.2, 0.25) is 0 Å². The molecular weight excluding hydrogens is 253 g/mol. The van der Waals surface area contributed by atoms with Gasteiger partial charge in [-0.15, -0.1) is 0 Å². The van der Waals surface area contributed by atoms with Crippen LogP contribution in [0.25, 0.3) is 0 Å². The number of hydrogen-bond donors (Lipinski definition) is 1. The summed E-state index contributed by atoms with van der Waals surface area (Å²) in [5, 5.41) is 19.3. The molecule has 0 saturated carbocycles. The Morgan fingerprint density at radius 1 is 1.27 bits per heavy atom. The predicted octanol–water partition coefficient (Wildman–Crippen LogP) is -3.80. The maximum atomic E-state index is 9.71. The smallest absolute Gasteiger partial charge is 0.550 e. The van der Waals surface area contributed by atoms with E-state index in [2.05, 4.69) is 0 Å². The van der Waals surface area contributed by atoms with Crippen molar-refractivity contribution in [2.24, 2.45) is 5.73 Å². The molecule has 0 aromatic heterocycles. The summed E-state index contributed by atoms with van der Waals surface area (Å²) in [5.41, 5.74) is 4.73. The Labute approximate surface area is 84.3 Å². The van der Waals surface area contributed by atoms with Gasteiger partial charge in [-0.2, -0.15) is 0 Å². The Balaban J connectivity index is -0.000000320. The molecule has 0 rings (SSSR count). The summed E-state index contributed by atoms with van der Waals surface area (Å²) in [5.74, 6) is -3.08. The van der Waals surface area contributed by atoms with Crippen LogP contribution in [0.4, 0.5) is 0 Å². The van der Waals surface area contributed by atoms with Crippen LogP contribution in [-0.4, -0.2) is 18.0 Å². The van der Waals surface area contributed by atoms with Gasteiger partial charge in [-0.25, -0.2) is 0 Å². The van der Waals surface area contributed by atoms with Crippen LogP contribution in [0.15, 0.2) is 0 Å². The minimum absolute atomic E-state index is 0. The van der Waals surface area contributed by atoms with E-state index in [9.17, 15) is 19.8 Å². The van der Waals surface area contributed by atoms with Crippen molar-refractivity contribution in [1.29, 1.82) is 0 Å². The van der Waals surface area contributed by atoms with Gasteiger partial charge < -0.3 is 25.5 Å². The molecule has 72 valence electrons. The number of hydrogen-bond acceptors (Lipinski definition) is 5. The number of carboxylic acids is 2. The molecule has 0 aromatic carbocycles. The van der Waals surface area contributed by atoms with E-state index in [0.717, 1.165) is 0 Å². The van der Waals surface area contributed by atoms with Gasteiger partial charge >= 0.3 is 34.1 Å². The topological polar surface area (TPSA) is 106 Å². The second-order valence-electron chi connectivity index (χ2n) is 1.50. The molecule has 0 heterocycles. The molecule has 0 radical (unpaired) electrons. The van der Waals surface area contributed by atoms with Gasteiger partial charge in [-0.3, -0.25) is 0 Å². The average molecular weight is 258 g/mol. The number of carboxylic acid groups (broad SMARTS) is 2. The molecule has 0 aliphatic carbocycles. The Morgan fingerprint density at radius 2 is 1.64 bits per heavy atom. The number of carbonyl (C=O) groups excluding carboxylic acids is 2. The van der Waals surface area contributed by atoms with Crippen LogP contribution in [0.1, 0.15) is 6.42 Å². The molecule has 1 unspecified atom stereocenters. The van der Waals surface area contributed by atoms with Gasteiger partial charge in [0, 0.05) is 18.4 Å². The second kappa shape index (κ2) is 8.04. The van der Waals surface area contributed by atoms with Crippen molar-refractivity contribution in [2.75, 3.05) is 0 Å². The summed E-state index contributed by atoms with van der Waals surface area (Å²) in [7, 11) is 0. The van der Waals surface area contributed by atoms with E-state index >= 15 is 0 Å². The van der Waals surface area contributed by atoms with Crippen LogP contribution in [0.3, 0.4) is 0 Å². The fourth-order valence-electron chi connectivity index (χ4n) is 0.263. The minimum Gasteiger partial charge on any atom is -0.550 e. The zero-order chi connectivity index (χ0) is 7.44. The van der Waals surface area contributed by atoms with Crippen molar-refractivity contribution in [2.45, 2.75) is 12.5 Å². The van der Waals surface area contributed by atoms with E-state index in [1.807, 2.05) is 0 Å². The molecule has 0 amide bonds. The first kappa shape index (κ1) is 17.1. The second-order valence-corrected chi connectivity index (χ2v) is 1.50. The molecule has 11 heavy (non-hydrogen) atoms. The molecule has 0 aromatic rings. The maximum absolute atomic E-state index is 9.71. The van der Waals surface area contributed by atoms with Crippen LogP contribution < -0.4 is 15.9 Å². The molecule has 2 N–H and O–H groups in total. The Morgan fingerprint density at radius 3 is 1.73 bits per heavy atom. The Kier molecular flexibility index (Phi) is 12.5. The summed E-state index contributed by atoms with van der Waals surface area (Å²) in [6, 6.07) is -1.46. The first-order valence-corrected chi connectivity index (χ1v) is 2.20. The van der Waals surface area contributed by atoms with E-state index in [1.54, 1.807) is 0 Å². The molecule has 0 aliphatic heterocycles. The minimum atomic E-state index is -1.58. The summed E-state index contributed by atoms with van der Waals surface area (Å²) in [6.07, 6.45) is -0.706. The molecule has 0 saturated heterocycles. The molecule has 1 atom stereocenters. The standard InChI is InChI=1S/C4H7NO4.2Cu/c5-2(4(8)9)1-3(6)7;;/h2H,1,5H2,(H,6,7)(H,8,9);;/q;2*+1/p-2. The van der Waals surface area contributed by atoms with Crippen LogP contribution in [0, 0.1) is 0 Å². The van der Waals surface area contributed by atoms with E-state index in [-0.39, 0.29) is 34.1 Å². The Hall–Kier alpha value is -0.0610. The monoisotopic (exact) mass is 257 g/mol. The normalized spacial score (nSPS) is 10.3. The fourth-order valence-corrected chi connectivity index (χ4v) is 0.263. The number of nitrogens with two attached hydrogens (primary N) is 1. The summed E-state index contributed by atoms with van der Waals surface area (Å²) in [6.45, 7) is 0. The first-order chi connectivity index (χ1) is 4.04. The molecule has 0 bridgehead atoms. The Bertz CT molecular complexity index is 140. The first-order valence-electron chi connectivity index (χ1n) is 2.20.